The molecule has 1 amide bonds. The second-order valence-corrected chi connectivity index (χ2v) is 7.79. The quantitative estimate of drug-likeness (QED) is 0.501. The number of carbonyl (C=O) groups excluding carboxylic acids is 1. The fraction of sp³-hybridized carbons (Fsp3) is 0.308. The fourth-order valence-electron chi connectivity index (χ4n) is 3.47. The molecule has 1 aromatic heterocycles. The first-order chi connectivity index (χ1) is 15.4. The minimum atomic E-state index is -0.604. The number of anilines is 1. The second kappa shape index (κ2) is 10.8. The number of nitrogens with two attached hydrogens (primary N) is 1. The molecule has 4 N–H and O–H groups in total. The number of hydrogen-bond donors (Lipinski definition) is 3. The molecule has 6 nitrogen and oxygen atoms in total. The molecule has 2 aromatic carbocycles. The van der Waals surface area contributed by atoms with Crippen LogP contribution < -0.4 is 11.1 Å². The van der Waals surface area contributed by atoms with E-state index in [0.29, 0.717) is 23.5 Å². The summed E-state index contributed by atoms with van der Waals surface area (Å²) in [7, 11) is 0. The number of aliphatic hydroxyl groups is 1. The Kier molecular flexibility index (Phi) is 7.82. The maximum Gasteiger partial charge on any atom is 0.251 e. The topological polar surface area (TPSA) is 91.5 Å². The van der Waals surface area contributed by atoms with Gasteiger partial charge in [0.2, 0.25) is 0 Å². The molecule has 0 fully saturated rings. The van der Waals surface area contributed by atoms with Crippen LogP contribution in [0, 0.1) is 18.8 Å². The minimum Gasteiger partial charge on any atom is -0.390 e. The number of nitrogen functional groups attached to an aromatic ring is 1. The van der Waals surface area contributed by atoms with E-state index < -0.39 is 6.10 Å². The summed E-state index contributed by atoms with van der Waals surface area (Å²) in [5.74, 6) is 6.44. The number of pyridine rings is 1. The Morgan fingerprint density at radius 3 is 2.56 bits per heavy atom. The van der Waals surface area contributed by atoms with E-state index in [1.165, 1.54) is 0 Å². The normalized spacial score (nSPS) is 11.8. The molecule has 0 bridgehead atoms. The van der Waals surface area contributed by atoms with Crippen molar-refractivity contribution in [3.8, 4) is 11.8 Å². The van der Waals surface area contributed by atoms with Crippen LogP contribution in [0.25, 0.3) is 10.8 Å². The van der Waals surface area contributed by atoms with Crippen molar-refractivity contribution in [3.05, 3.63) is 70.9 Å². The maximum absolute atomic E-state index is 12.4. The lowest BCUT2D eigenvalue weighted by Gasteiger charge is -2.22. The molecule has 1 atom stereocenters. The molecule has 3 rings (SSSR count). The van der Waals surface area contributed by atoms with E-state index >= 15 is 0 Å². The molecule has 1 heterocycles. The van der Waals surface area contributed by atoms with Crippen molar-refractivity contribution in [2.45, 2.75) is 26.9 Å². The lowest BCUT2D eigenvalue weighted by atomic mass is 10.0. The summed E-state index contributed by atoms with van der Waals surface area (Å²) in [6, 6.07) is 13.1. The van der Waals surface area contributed by atoms with Gasteiger partial charge in [0.05, 0.1) is 11.7 Å². The van der Waals surface area contributed by atoms with Crippen LogP contribution in [0.4, 0.5) is 5.82 Å². The van der Waals surface area contributed by atoms with Crippen LogP contribution in [0.15, 0.2) is 48.7 Å². The number of carbonyl (C=O) groups is 1. The van der Waals surface area contributed by atoms with Gasteiger partial charge in [-0.3, -0.25) is 4.79 Å². The van der Waals surface area contributed by atoms with Crippen LogP contribution in [0.2, 0.25) is 0 Å². The molecule has 0 saturated carbocycles. The Balaban J connectivity index is 1.68. The Bertz CT molecular complexity index is 1140. The lowest BCUT2D eigenvalue weighted by Crippen LogP contribution is -2.40. The molecule has 32 heavy (non-hydrogen) atoms. The van der Waals surface area contributed by atoms with Crippen molar-refractivity contribution >= 4 is 22.5 Å². The standard InChI is InChI=1S/C26H30N4O2/c1-4-30(5-2)17-22(31)16-29-26(32)20-11-7-19(8-12-20)9-13-23-24-14-18(3)6-10-21(24)15-28-25(23)27/h6-8,10-12,14-15,22,31H,4-5,16-17H2,1-3H3,(H2,27,28)(H,29,32). The first-order valence-electron chi connectivity index (χ1n) is 10.9. The Hall–Kier alpha value is -3.40. The number of aromatic nitrogens is 1. The van der Waals surface area contributed by atoms with E-state index in [2.05, 4.69) is 33.1 Å². The predicted molar refractivity (Wildman–Crippen MR) is 129 cm³/mol. The zero-order valence-corrected chi connectivity index (χ0v) is 18.9. The van der Waals surface area contributed by atoms with Crippen molar-refractivity contribution in [2.24, 2.45) is 0 Å². The number of fused-ring (bicyclic) bond motifs is 1. The van der Waals surface area contributed by atoms with Gasteiger partial charge in [0, 0.05) is 41.2 Å². The van der Waals surface area contributed by atoms with E-state index in [4.69, 9.17) is 5.73 Å². The van der Waals surface area contributed by atoms with Gasteiger partial charge in [0.15, 0.2) is 0 Å². The van der Waals surface area contributed by atoms with Crippen molar-refractivity contribution in [2.75, 3.05) is 31.9 Å². The first-order valence-corrected chi connectivity index (χ1v) is 10.9. The van der Waals surface area contributed by atoms with E-state index in [1.54, 1.807) is 30.5 Å². The maximum atomic E-state index is 12.4. The lowest BCUT2D eigenvalue weighted by molar-refractivity contribution is 0.0869. The fourth-order valence-corrected chi connectivity index (χ4v) is 3.47. The zero-order chi connectivity index (χ0) is 23.1. The summed E-state index contributed by atoms with van der Waals surface area (Å²) >= 11 is 0. The summed E-state index contributed by atoms with van der Waals surface area (Å²) in [5.41, 5.74) is 9.20. The van der Waals surface area contributed by atoms with Gasteiger partial charge in [-0.25, -0.2) is 4.98 Å². The monoisotopic (exact) mass is 430 g/mol. The van der Waals surface area contributed by atoms with Crippen LogP contribution in [0.1, 0.15) is 40.9 Å². The summed E-state index contributed by atoms with van der Waals surface area (Å²) < 4.78 is 0. The molecule has 0 aliphatic rings. The SMILES string of the molecule is CCN(CC)CC(O)CNC(=O)c1ccc(C#Cc2c(N)ncc3ccc(C)cc23)cc1. The van der Waals surface area contributed by atoms with Gasteiger partial charge >= 0.3 is 0 Å². The molecule has 0 aliphatic heterocycles. The number of hydrogen-bond acceptors (Lipinski definition) is 5. The Labute approximate surface area is 189 Å². The number of aliphatic hydroxyl groups excluding tert-OH is 1. The van der Waals surface area contributed by atoms with Gasteiger partial charge in [0.1, 0.15) is 5.82 Å². The largest absolute Gasteiger partial charge is 0.390 e. The number of amides is 1. The number of nitrogens with zero attached hydrogens (tertiary/aromatic N) is 2. The minimum absolute atomic E-state index is 0.212. The highest BCUT2D eigenvalue weighted by atomic mass is 16.3. The molecule has 0 spiro atoms. The van der Waals surface area contributed by atoms with E-state index in [1.807, 2.05) is 32.9 Å². The summed E-state index contributed by atoms with van der Waals surface area (Å²) in [6.07, 6.45) is 1.15. The van der Waals surface area contributed by atoms with Gasteiger partial charge in [-0.05, 0) is 50.3 Å². The number of likely N-dealkylation sites (N-methyl/N-ethyl adjacent to an activating group) is 1. The first kappa shape index (κ1) is 23.3. The number of rotatable bonds is 7. The Morgan fingerprint density at radius 1 is 1.16 bits per heavy atom. The van der Waals surface area contributed by atoms with Crippen LogP contribution in [0.3, 0.4) is 0 Å². The van der Waals surface area contributed by atoms with Crippen molar-refractivity contribution in [1.29, 1.82) is 0 Å². The van der Waals surface area contributed by atoms with E-state index in [-0.39, 0.29) is 12.5 Å². The summed E-state index contributed by atoms with van der Waals surface area (Å²) in [4.78, 5) is 18.8. The molecule has 0 aliphatic carbocycles. The molecule has 1 unspecified atom stereocenters. The van der Waals surface area contributed by atoms with Crippen LogP contribution >= 0.6 is 0 Å². The van der Waals surface area contributed by atoms with Crippen molar-refractivity contribution in [1.82, 2.24) is 15.2 Å². The van der Waals surface area contributed by atoms with Crippen molar-refractivity contribution < 1.29 is 9.90 Å². The molecule has 0 saturated heterocycles. The third kappa shape index (κ3) is 5.85. The highest BCUT2D eigenvalue weighted by molar-refractivity contribution is 5.94. The molecular formula is C26H30N4O2. The van der Waals surface area contributed by atoms with Crippen LogP contribution in [-0.4, -0.2) is 53.2 Å². The predicted octanol–water partition coefficient (Wildman–Crippen LogP) is 2.96. The smallest absolute Gasteiger partial charge is 0.251 e. The van der Waals surface area contributed by atoms with Crippen molar-refractivity contribution in [3.63, 3.8) is 0 Å². The van der Waals surface area contributed by atoms with Gasteiger partial charge in [0.25, 0.3) is 5.91 Å². The molecular weight excluding hydrogens is 400 g/mol. The third-order valence-corrected chi connectivity index (χ3v) is 5.42. The van der Waals surface area contributed by atoms with Crippen LogP contribution in [0.5, 0.6) is 0 Å². The van der Waals surface area contributed by atoms with E-state index in [0.717, 1.165) is 35.0 Å². The van der Waals surface area contributed by atoms with Gasteiger partial charge in [-0.15, -0.1) is 0 Å². The summed E-state index contributed by atoms with van der Waals surface area (Å²) in [5, 5.41) is 14.9. The second-order valence-electron chi connectivity index (χ2n) is 7.79. The van der Waals surface area contributed by atoms with Gasteiger partial charge < -0.3 is 21.1 Å². The highest BCUT2D eigenvalue weighted by Gasteiger charge is 2.12. The average Bonchev–Trinajstić information content (AvgIpc) is 2.80. The van der Waals surface area contributed by atoms with Gasteiger partial charge in [-0.1, -0.05) is 43.4 Å². The number of aryl methyl sites for hydroxylation is 1. The molecule has 0 radical (unpaired) electrons. The summed E-state index contributed by atoms with van der Waals surface area (Å²) in [6.45, 7) is 8.60. The number of nitrogens with one attached hydrogen (secondary N) is 1. The van der Waals surface area contributed by atoms with E-state index in [9.17, 15) is 9.90 Å². The van der Waals surface area contributed by atoms with Gasteiger partial charge in [-0.2, -0.15) is 0 Å². The highest BCUT2D eigenvalue weighted by Crippen LogP contribution is 2.22. The average molecular weight is 431 g/mol. The van der Waals surface area contributed by atoms with Crippen LogP contribution in [-0.2, 0) is 0 Å². The number of benzene rings is 2. The molecule has 6 heteroatoms. The third-order valence-electron chi connectivity index (χ3n) is 5.42. The zero-order valence-electron chi connectivity index (χ0n) is 18.9. The molecule has 3 aromatic rings. The molecule has 166 valence electrons. The Morgan fingerprint density at radius 2 is 1.88 bits per heavy atom.